The van der Waals surface area contributed by atoms with E-state index in [0.717, 1.165) is 33.9 Å². The average Bonchev–Trinajstić information content (AvgIpc) is 2.84. The molecule has 2 aromatic carbocycles. The Bertz CT molecular complexity index is 760. The third kappa shape index (κ3) is 3.16. The molecule has 0 aromatic heterocycles. The summed E-state index contributed by atoms with van der Waals surface area (Å²) in [7, 11) is 1.65. The molecule has 1 aliphatic rings. The minimum Gasteiger partial charge on any atom is -0.496 e. The Morgan fingerprint density at radius 1 is 1.09 bits per heavy atom. The molecule has 4 heteroatoms. The topological polar surface area (TPSA) is 47.6 Å². The zero-order valence-corrected chi connectivity index (χ0v) is 13.9. The molecular weight excluding hydrogens is 290 g/mol. The molecule has 3 rings (SSSR count). The number of methoxy groups -OCH3 is 1. The molecule has 1 heterocycles. The lowest BCUT2D eigenvalue weighted by Crippen LogP contribution is -2.23. The standard InChI is InChI=1S/C19H21NO3/c1-19(2,3)23-16-7-5-6-15(22-4)18(16)12-8-9-14-13(10-12)11-17(21)20-14/h5-10H,11H2,1-4H3,(H,20,21). The molecule has 23 heavy (non-hydrogen) atoms. The highest BCUT2D eigenvalue weighted by Crippen LogP contribution is 2.41. The number of benzene rings is 2. The van der Waals surface area contributed by atoms with Crippen LogP contribution in [0.2, 0.25) is 0 Å². The molecule has 0 aliphatic carbocycles. The fourth-order valence-corrected chi connectivity index (χ4v) is 2.77. The average molecular weight is 311 g/mol. The van der Waals surface area contributed by atoms with E-state index in [1.54, 1.807) is 7.11 Å². The van der Waals surface area contributed by atoms with E-state index in [1.807, 2.05) is 57.2 Å². The molecule has 0 unspecified atom stereocenters. The van der Waals surface area contributed by atoms with Crippen LogP contribution in [0.1, 0.15) is 26.3 Å². The maximum Gasteiger partial charge on any atom is 0.228 e. The van der Waals surface area contributed by atoms with Gasteiger partial charge in [0.25, 0.3) is 0 Å². The number of hydrogen-bond acceptors (Lipinski definition) is 3. The molecule has 0 spiro atoms. The fraction of sp³-hybridized carbons (Fsp3) is 0.316. The molecule has 0 saturated carbocycles. The first kappa shape index (κ1) is 15.4. The summed E-state index contributed by atoms with van der Waals surface area (Å²) in [5.41, 5.74) is 3.46. The number of amides is 1. The van der Waals surface area contributed by atoms with Gasteiger partial charge in [-0.1, -0.05) is 12.1 Å². The number of anilines is 1. The van der Waals surface area contributed by atoms with Gasteiger partial charge in [0.05, 0.1) is 19.1 Å². The van der Waals surface area contributed by atoms with Gasteiger partial charge >= 0.3 is 0 Å². The molecule has 0 atom stereocenters. The molecule has 0 saturated heterocycles. The third-order valence-corrected chi connectivity index (χ3v) is 3.64. The Hall–Kier alpha value is -2.49. The molecule has 0 fully saturated rings. The number of nitrogens with one attached hydrogen (secondary N) is 1. The molecule has 1 aliphatic heterocycles. The predicted octanol–water partition coefficient (Wildman–Crippen LogP) is 4.03. The van der Waals surface area contributed by atoms with Crippen molar-refractivity contribution in [3.63, 3.8) is 0 Å². The van der Waals surface area contributed by atoms with E-state index in [-0.39, 0.29) is 11.5 Å². The first-order valence-electron chi connectivity index (χ1n) is 7.66. The van der Waals surface area contributed by atoms with Gasteiger partial charge in [-0.15, -0.1) is 0 Å². The SMILES string of the molecule is COc1cccc(OC(C)(C)C)c1-c1ccc2c(c1)CC(=O)N2. The van der Waals surface area contributed by atoms with Crippen molar-refractivity contribution < 1.29 is 14.3 Å². The Balaban J connectivity index is 2.11. The van der Waals surface area contributed by atoms with Crippen molar-refractivity contribution in [3.8, 4) is 22.6 Å². The molecule has 120 valence electrons. The van der Waals surface area contributed by atoms with E-state index in [0.29, 0.717) is 6.42 Å². The lowest BCUT2D eigenvalue weighted by atomic mass is 9.99. The number of rotatable bonds is 3. The number of carbonyl (C=O) groups excluding carboxylic acids is 1. The molecule has 1 N–H and O–H groups in total. The lowest BCUT2D eigenvalue weighted by molar-refractivity contribution is -0.115. The zero-order chi connectivity index (χ0) is 16.6. The van der Waals surface area contributed by atoms with E-state index in [4.69, 9.17) is 9.47 Å². The zero-order valence-electron chi connectivity index (χ0n) is 13.9. The molecule has 1 amide bonds. The normalized spacial score (nSPS) is 13.5. The second-order valence-corrected chi connectivity index (χ2v) is 6.64. The van der Waals surface area contributed by atoms with Crippen LogP contribution in [0.3, 0.4) is 0 Å². The second kappa shape index (κ2) is 5.61. The lowest BCUT2D eigenvalue weighted by Gasteiger charge is -2.24. The van der Waals surface area contributed by atoms with Crippen molar-refractivity contribution >= 4 is 11.6 Å². The van der Waals surface area contributed by atoms with Crippen molar-refractivity contribution in [2.24, 2.45) is 0 Å². The highest BCUT2D eigenvalue weighted by molar-refractivity contribution is 6.00. The highest BCUT2D eigenvalue weighted by Gasteiger charge is 2.22. The molecule has 0 bridgehead atoms. The van der Waals surface area contributed by atoms with Gasteiger partial charge in [0.15, 0.2) is 0 Å². The van der Waals surface area contributed by atoms with E-state index in [9.17, 15) is 4.79 Å². The maximum atomic E-state index is 11.6. The molecule has 2 aromatic rings. The van der Waals surface area contributed by atoms with Gasteiger partial charge in [0.1, 0.15) is 17.1 Å². The molecular formula is C19H21NO3. The quantitative estimate of drug-likeness (QED) is 0.931. The summed E-state index contributed by atoms with van der Waals surface area (Å²) in [6.45, 7) is 6.05. The van der Waals surface area contributed by atoms with Crippen molar-refractivity contribution in [1.29, 1.82) is 0 Å². The van der Waals surface area contributed by atoms with Gasteiger partial charge in [0.2, 0.25) is 5.91 Å². The van der Waals surface area contributed by atoms with Crippen LogP contribution in [0.15, 0.2) is 36.4 Å². The third-order valence-electron chi connectivity index (χ3n) is 3.64. The van der Waals surface area contributed by atoms with Crippen LogP contribution in [0.25, 0.3) is 11.1 Å². The summed E-state index contributed by atoms with van der Waals surface area (Å²) in [4.78, 5) is 11.6. The van der Waals surface area contributed by atoms with Gasteiger partial charge in [-0.3, -0.25) is 4.79 Å². The summed E-state index contributed by atoms with van der Waals surface area (Å²) in [5, 5.41) is 2.86. The number of hydrogen-bond donors (Lipinski definition) is 1. The summed E-state index contributed by atoms with van der Waals surface area (Å²) >= 11 is 0. The minimum absolute atomic E-state index is 0.0309. The van der Waals surface area contributed by atoms with Crippen LogP contribution in [-0.4, -0.2) is 18.6 Å². The van der Waals surface area contributed by atoms with Crippen LogP contribution in [-0.2, 0) is 11.2 Å². The Morgan fingerprint density at radius 3 is 2.52 bits per heavy atom. The Labute approximate surface area is 136 Å². The van der Waals surface area contributed by atoms with E-state index >= 15 is 0 Å². The van der Waals surface area contributed by atoms with Crippen molar-refractivity contribution in [3.05, 3.63) is 42.0 Å². The van der Waals surface area contributed by atoms with Crippen LogP contribution < -0.4 is 14.8 Å². The predicted molar refractivity (Wildman–Crippen MR) is 91.1 cm³/mol. The number of fused-ring (bicyclic) bond motifs is 1. The maximum absolute atomic E-state index is 11.6. The van der Waals surface area contributed by atoms with Crippen LogP contribution in [0.5, 0.6) is 11.5 Å². The monoisotopic (exact) mass is 311 g/mol. The fourth-order valence-electron chi connectivity index (χ4n) is 2.77. The van der Waals surface area contributed by atoms with Crippen molar-refractivity contribution in [1.82, 2.24) is 0 Å². The summed E-state index contributed by atoms with van der Waals surface area (Å²) in [6.07, 6.45) is 0.410. The van der Waals surface area contributed by atoms with Gasteiger partial charge < -0.3 is 14.8 Å². The van der Waals surface area contributed by atoms with Crippen LogP contribution in [0, 0.1) is 0 Å². The van der Waals surface area contributed by atoms with Gasteiger partial charge in [-0.2, -0.15) is 0 Å². The largest absolute Gasteiger partial charge is 0.496 e. The Morgan fingerprint density at radius 2 is 1.83 bits per heavy atom. The first-order chi connectivity index (χ1) is 10.9. The number of carbonyl (C=O) groups is 1. The van der Waals surface area contributed by atoms with Crippen LogP contribution in [0.4, 0.5) is 5.69 Å². The van der Waals surface area contributed by atoms with Gasteiger partial charge in [-0.25, -0.2) is 0 Å². The summed E-state index contributed by atoms with van der Waals surface area (Å²) in [6, 6.07) is 11.7. The van der Waals surface area contributed by atoms with Gasteiger partial charge in [-0.05, 0) is 56.2 Å². The molecule has 0 radical (unpaired) electrons. The number of ether oxygens (including phenoxy) is 2. The van der Waals surface area contributed by atoms with Crippen LogP contribution >= 0.6 is 0 Å². The van der Waals surface area contributed by atoms with E-state index in [2.05, 4.69) is 5.32 Å². The second-order valence-electron chi connectivity index (χ2n) is 6.64. The summed E-state index contributed by atoms with van der Waals surface area (Å²) < 4.78 is 11.6. The highest BCUT2D eigenvalue weighted by atomic mass is 16.5. The van der Waals surface area contributed by atoms with E-state index < -0.39 is 0 Å². The first-order valence-corrected chi connectivity index (χ1v) is 7.66. The minimum atomic E-state index is -0.310. The van der Waals surface area contributed by atoms with E-state index in [1.165, 1.54) is 0 Å². The van der Waals surface area contributed by atoms with Crippen molar-refractivity contribution in [2.45, 2.75) is 32.8 Å². The summed E-state index contributed by atoms with van der Waals surface area (Å²) in [5.74, 6) is 1.56. The van der Waals surface area contributed by atoms with Gasteiger partial charge in [0, 0.05) is 5.69 Å². The molecule has 4 nitrogen and oxygen atoms in total. The smallest absolute Gasteiger partial charge is 0.228 e. The Kier molecular flexibility index (Phi) is 3.76. The van der Waals surface area contributed by atoms with Crippen molar-refractivity contribution in [2.75, 3.05) is 12.4 Å².